The fraction of sp³-hybridized carbons (Fsp3) is 0.636. The smallest absolute Gasteiger partial charge is 0.328 e. The zero-order valence-electron chi connectivity index (χ0n) is 11.5. The van der Waals surface area contributed by atoms with Gasteiger partial charge in [0.15, 0.2) is 0 Å². The van der Waals surface area contributed by atoms with E-state index >= 15 is 0 Å². The van der Waals surface area contributed by atoms with Gasteiger partial charge in [0, 0.05) is 6.42 Å². The summed E-state index contributed by atoms with van der Waals surface area (Å²) >= 11 is 0. The van der Waals surface area contributed by atoms with Crippen LogP contribution >= 0.6 is 0 Å². The van der Waals surface area contributed by atoms with E-state index in [0.717, 1.165) is 0 Å². The topological polar surface area (TPSA) is 185 Å². The first-order chi connectivity index (χ1) is 9.68. The van der Waals surface area contributed by atoms with Crippen molar-refractivity contribution in [3.63, 3.8) is 0 Å². The van der Waals surface area contributed by atoms with E-state index in [4.69, 9.17) is 21.7 Å². The van der Waals surface area contributed by atoms with E-state index < -0.39 is 48.4 Å². The van der Waals surface area contributed by atoms with E-state index in [2.05, 4.69) is 5.32 Å². The molecule has 0 bridgehead atoms. The van der Waals surface area contributed by atoms with E-state index in [0.29, 0.717) is 0 Å². The molecule has 3 unspecified atom stereocenters. The van der Waals surface area contributed by atoms with Gasteiger partial charge in [-0.3, -0.25) is 14.4 Å². The van der Waals surface area contributed by atoms with Crippen LogP contribution in [-0.2, 0) is 19.2 Å². The van der Waals surface area contributed by atoms with E-state index in [1.54, 1.807) is 0 Å². The van der Waals surface area contributed by atoms with Gasteiger partial charge in [-0.15, -0.1) is 0 Å². The molecule has 0 fully saturated rings. The van der Waals surface area contributed by atoms with E-state index in [-0.39, 0.29) is 12.8 Å². The van der Waals surface area contributed by atoms with Gasteiger partial charge in [0.05, 0.1) is 12.6 Å². The average Bonchev–Trinajstić information content (AvgIpc) is 2.40. The molecule has 120 valence electrons. The van der Waals surface area contributed by atoms with Gasteiger partial charge in [-0.2, -0.15) is 0 Å². The van der Waals surface area contributed by atoms with Crippen LogP contribution in [0.1, 0.15) is 19.8 Å². The summed E-state index contributed by atoms with van der Waals surface area (Å²) in [5.41, 5.74) is 10.4. The number of amides is 3. The third kappa shape index (κ3) is 7.22. The highest BCUT2D eigenvalue weighted by Crippen LogP contribution is 1.95. The van der Waals surface area contributed by atoms with Gasteiger partial charge >= 0.3 is 5.97 Å². The van der Waals surface area contributed by atoms with E-state index in [1.807, 2.05) is 5.32 Å². The molecule has 10 heteroatoms. The molecule has 0 aromatic carbocycles. The summed E-state index contributed by atoms with van der Waals surface area (Å²) in [5.74, 6) is -3.46. The van der Waals surface area contributed by atoms with E-state index in [9.17, 15) is 19.2 Å². The Morgan fingerprint density at radius 1 is 1.14 bits per heavy atom. The van der Waals surface area contributed by atoms with Crippen molar-refractivity contribution >= 4 is 23.7 Å². The first-order valence-electron chi connectivity index (χ1n) is 6.17. The van der Waals surface area contributed by atoms with Crippen molar-refractivity contribution in [2.45, 2.75) is 37.9 Å². The van der Waals surface area contributed by atoms with Crippen LogP contribution in [0.4, 0.5) is 0 Å². The summed E-state index contributed by atoms with van der Waals surface area (Å²) in [6.45, 7) is 0.546. The molecule has 3 amide bonds. The first-order valence-corrected chi connectivity index (χ1v) is 6.17. The van der Waals surface area contributed by atoms with Crippen molar-refractivity contribution in [3.05, 3.63) is 0 Å². The fourth-order valence-corrected chi connectivity index (χ4v) is 1.30. The number of aliphatic hydroxyl groups is 1. The molecule has 0 aliphatic heterocycles. The zero-order valence-corrected chi connectivity index (χ0v) is 11.5. The summed E-state index contributed by atoms with van der Waals surface area (Å²) < 4.78 is 0. The van der Waals surface area contributed by atoms with Crippen molar-refractivity contribution in [1.29, 1.82) is 0 Å². The molecule has 0 saturated carbocycles. The number of aliphatic hydroxyl groups excluding tert-OH is 1. The number of hydrogen-bond donors (Lipinski definition) is 6. The van der Waals surface area contributed by atoms with Crippen LogP contribution < -0.4 is 22.1 Å². The lowest BCUT2D eigenvalue weighted by Gasteiger charge is -2.19. The lowest BCUT2D eigenvalue weighted by Crippen LogP contribution is -2.54. The Labute approximate surface area is 120 Å². The molecule has 0 aliphatic rings. The quantitative estimate of drug-likeness (QED) is 0.257. The third-order valence-corrected chi connectivity index (χ3v) is 2.59. The highest BCUT2D eigenvalue weighted by molar-refractivity contribution is 5.91. The van der Waals surface area contributed by atoms with Crippen molar-refractivity contribution in [3.8, 4) is 0 Å². The van der Waals surface area contributed by atoms with Crippen molar-refractivity contribution < 1.29 is 29.4 Å². The molecule has 0 saturated heterocycles. The number of carboxylic acid groups (broad SMARTS) is 1. The molecule has 0 heterocycles. The van der Waals surface area contributed by atoms with Gasteiger partial charge in [-0.25, -0.2) is 4.79 Å². The molecule has 0 aromatic rings. The van der Waals surface area contributed by atoms with Crippen LogP contribution in [0.2, 0.25) is 0 Å². The molecule has 0 aliphatic carbocycles. The lowest BCUT2D eigenvalue weighted by atomic mass is 10.1. The third-order valence-electron chi connectivity index (χ3n) is 2.59. The summed E-state index contributed by atoms with van der Waals surface area (Å²) in [6, 6.07) is -3.52. The largest absolute Gasteiger partial charge is 0.480 e. The standard InChI is InChI=1S/C11H20N4O6/c1-5(9(18)15-7(4-16)11(20)21)14-10(19)6(12)2-3-8(13)17/h5-7,16H,2-4,12H2,1H3,(H2,13,17)(H,14,19)(H,15,18)(H,20,21). The Hall–Kier alpha value is -2.20. The number of aliphatic carboxylic acids is 1. The van der Waals surface area contributed by atoms with Gasteiger partial charge in [0.1, 0.15) is 12.1 Å². The number of nitrogens with two attached hydrogens (primary N) is 2. The minimum Gasteiger partial charge on any atom is -0.480 e. The molecule has 3 atom stereocenters. The lowest BCUT2D eigenvalue weighted by molar-refractivity contribution is -0.143. The SMILES string of the molecule is CC(NC(=O)C(N)CCC(N)=O)C(=O)NC(CO)C(=O)O. The van der Waals surface area contributed by atoms with Crippen LogP contribution in [0.3, 0.4) is 0 Å². The monoisotopic (exact) mass is 304 g/mol. The Morgan fingerprint density at radius 2 is 1.71 bits per heavy atom. The predicted molar refractivity (Wildman–Crippen MR) is 70.7 cm³/mol. The average molecular weight is 304 g/mol. The molecule has 0 aromatic heterocycles. The van der Waals surface area contributed by atoms with Gasteiger partial charge in [0.2, 0.25) is 17.7 Å². The van der Waals surface area contributed by atoms with Gasteiger partial charge < -0.3 is 32.3 Å². The number of nitrogens with one attached hydrogen (secondary N) is 2. The Bertz CT molecular complexity index is 414. The molecular formula is C11H20N4O6. The Morgan fingerprint density at radius 3 is 2.14 bits per heavy atom. The molecule has 0 rings (SSSR count). The second kappa shape index (κ2) is 8.87. The van der Waals surface area contributed by atoms with Crippen LogP contribution in [0, 0.1) is 0 Å². The highest BCUT2D eigenvalue weighted by atomic mass is 16.4. The number of primary amides is 1. The van der Waals surface area contributed by atoms with Crippen molar-refractivity contribution in [1.82, 2.24) is 10.6 Å². The minimum absolute atomic E-state index is 0.0316. The molecular weight excluding hydrogens is 284 g/mol. The number of carboxylic acids is 1. The van der Waals surface area contributed by atoms with Crippen LogP contribution in [0.15, 0.2) is 0 Å². The second-order valence-electron chi connectivity index (χ2n) is 4.42. The normalized spacial score (nSPS) is 14.6. The van der Waals surface area contributed by atoms with Crippen LogP contribution in [0.25, 0.3) is 0 Å². The van der Waals surface area contributed by atoms with Gasteiger partial charge in [-0.05, 0) is 13.3 Å². The predicted octanol–water partition coefficient (Wildman–Crippen LogP) is -3.35. The maximum atomic E-state index is 11.6. The summed E-state index contributed by atoms with van der Waals surface area (Å²) in [5, 5.41) is 21.8. The maximum absolute atomic E-state index is 11.6. The maximum Gasteiger partial charge on any atom is 0.328 e. The number of carbonyl (C=O) groups excluding carboxylic acids is 3. The van der Waals surface area contributed by atoms with Crippen molar-refractivity contribution in [2.75, 3.05) is 6.61 Å². The zero-order chi connectivity index (χ0) is 16.6. The van der Waals surface area contributed by atoms with Crippen LogP contribution in [-0.4, -0.2) is 58.6 Å². The molecule has 8 N–H and O–H groups in total. The first kappa shape index (κ1) is 18.8. The van der Waals surface area contributed by atoms with Crippen molar-refractivity contribution in [2.24, 2.45) is 11.5 Å². The number of hydrogen-bond acceptors (Lipinski definition) is 6. The molecule has 10 nitrogen and oxygen atoms in total. The molecule has 21 heavy (non-hydrogen) atoms. The summed E-state index contributed by atoms with van der Waals surface area (Å²) in [4.78, 5) is 44.5. The summed E-state index contributed by atoms with van der Waals surface area (Å²) in [6.07, 6.45) is -0.0370. The minimum atomic E-state index is -1.46. The Balaban J connectivity index is 4.36. The highest BCUT2D eigenvalue weighted by Gasteiger charge is 2.24. The fourth-order valence-electron chi connectivity index (χ4n) is 1.30. The Kier molecular flexibility index (Phi) is 7.94. The number of rotatable bonds is 9. The van der Waals surface area contributed by atoms with E-state index in [1.165, 1.54) is 6.92 Å². The van der Waals surface area contributed by atoms with Crippen LogP contribution in [0.5, 0.6) is 0 Å². The second-order valence-corrected chi connectivity index (χ2v) is 4.42. The molecule has 0 spiro atoms. The number of carbonyl (C=O) groups is 4. The molecule has 0 radical (unpaired) electrons. The van der Waals surface area contributed by atoms with Gasteiger partial charge in [-0.1, -0.05) is 0 Å². The van der Waals surface area contributed by atoms with Gasteiger partial charge in [0.25, 0.3) is 0 Å². The summed E-state index contributed by atoms with van der Waals surface area (Å²) in [7, 11) is 0.